The number of amides is 1. The van der Waals surface area contributed by atoms with Crippen LogP contribution in [0.1, 0.15) is 21.4 Å². The highest BCUT2D eigenvalue weighted by Crippen LogP contribution is 2.29. The molecule has 2 aromatic heterocycles. The fourth-order valence-corrected chi connectivity index (χ4v) is 3.85. The van der Waals surface area contributed by atoms with E-state index in [0.717, 1.165) is 19.6 Å². The Hall–Kier alpha value is -2.25. The van der Waals surface area contributed by atoms with Crippen LogP contribution in [0.25, 0.3) is 10.1 Å². The van der Waals surface area contributed by atoms with Crippen LogP contribution in [0.3, 0.4) is 0 Å². The molecule has 0 radical (unpaired) electrons. The average molecular weight is 313 g/mol. The highest BCUT2D eigenvalue weighted by atomic mass is 32.1. The summed E-state index contributed by atoms with van der Waals surface area (Å²) in [7, 11) is 0. The van der Waals surface area contributed by atoms with E-state index in [1.54, 1.807) is 10.9 Å². The molecular formula is C15H15N5OS. The summed E-state index contributed by atoms with van der Waals surface area (Å²) in [6.07, 6.45) is 1.63. The van der Waals surface area contributed by atoms with Crippen molar-refractivity contribution in [3.05, 3.63) is 47.1 Å². The Bertz CT molecular complexity index is 800. The molecule has 1 amide bonds. The Labute approximate surface area is 131 Å². The number of hydrogen-bond donors (Lipinski definition) is 1. The minimum Gasteiger partial charge on any atom is -0.364 e. The number of carbonyl (C=O) groups excluding carboxylic acids is 1. The first kappa shape index (κ1) is 13.4. The van der Waals surface area contributed by atoms with Gasteiger partial charge >= 0.3 is 0 Å². The monoisotopic (exact) mass is 313 g/mol. The molecule has 0 atom stereocenters. The van der Waals surface area contributed by atoms with Gasteiger partial charge in [-0.25, -0.2) is 4.68 Å². The van der Waals surface area contributed by atoms with Crippen molar-refractivity contribution in [1.82, 2.24) is 19.9 Å². The average Bonchev–Trinajstić information content (AvgIpc) is 3.08. The second-order valence-corrected chi connectivity index (χ2v) is 6.71. The predicted octanol–water partition coefficient (Wildman–Crippen LogP) is 1.65. The van der Waals surface area contributed by atoms with E-state index in [2.05, 4.69) is 45.5 Å². The number of hydrogen-bond acceptors (Lipinski definition) is 5. The SMILES string of the molecule is NC(=O)c1cn(C2CN(Cc3cc4ccccc4s3)C2)nn1. The minimum absolute atomic E-state index is 0.225. The van der Waals surface area contributed by atoms with Gasteiger partial charge in [0.2, 0.25) is 0 Å². The molecular weight excluding hydrogens is 298 g/mol. The van der Waals surface area contributed by atoms with Gasteiger partial charge in [0, 0.05) is 29.2 Å². The van der Waals surface area contributed by atoms with Crippen molar-refractivity contribution < 1.29 is 4.79 Å². The largest absolute Gasteiger partial charge is 0.364 e. The van der Waals surface area contributed by atoms with Crippen molar-refractivity contribution in [2.75, 3.05) is 13.1 Å². The number of thiophene rings is 1. The van der Waals surface area contributed by atoms with Gasteiger partial charge in [-0.3, -0.25) is 9.69 Å². The number of nitrogens with zero attached hydrogens (tertiary/aromatic N) is 4. The highest BCUT2D eigenvalue weighted by Gasteiger charge is 2.29. The van der Waals surface area contributed by atoms with Crippen molar-refractivity contribution in [3.8, 4) is 0 Å². The molecule has 1 aromatic carbocycles. The summed E-state index contributed by atoms with van der Waals surface area (Å²) in [5.74, 6) is -0.535. The van der Waals surface area contributed by atoms with Gasteiger partial charge in [-0.05, 0) is 17.5 Å². The second kappa shape index (κ2) is 5.19. The van der Waals surface area contributed by atoms with Crippen molar-refractivity contribution >= 4 is 27.3 Å². The van der Waals surface area contributed by atoms with Gasteiger partial charge in [-0.1, -0.05) is 23.4 Å². The van der Waals surface area contributed by atoms with Crippen LogP contribution in [-0.4, -0.2) is 38.9 Å². The molecule has 6 nitrogen and oxygen atoms in total. The molecule has 0 bridgehead atoms. The van der Waals surface area contributed by atoms with Crippen molar-refractivity contribution in [3.63, 3.8) is 0 Å². The number of aromatic nitrogens is 3. The zero-order chi connectivity index (χ0) is 15.1. The molecule has 112 valence electrons. The number of fused-ring (bicyclic) bond motifs is 1. The number of benzene rings is 1. The smallest absolute Gasteiger partial charge is 0.270 e. The van der Waals surface area contributed by atoms with E-state index >= 15 is 0 Å². The van der Waals surface area contributed by atoms with Crippen LogP contribution in [0.4, 0.5) is 0 Å². The molecule has 0 spiro atoms. The zero-order valence-electron chi connectivity index (χ0n) is 11.8. The summed E-state index contributed by atoms with van der Waals surface area (Å²) in [5.41, 5.74) is 5.41. The summed E-state index contributed by atoms with van der Waals surface area (Å²) in [6.45, 7) is 2.78. The van der Waals surface area contributed by atoms with Crippen LogP contribution in [0.15, 0.2) is 36.5 Å². The van der Waals surface area contributed by atoms with Gasteiger partial charge in [0.05, 0.1) is 12.2 Å². The van der Waals surface area contributed by atoms with Crippen molar-refractivity contribution in [2.45, 2.75) is 12.6 Å². The van der Waals surface area contributed by atoms with E-state index < -0.39 is 5.91 Å². The Balaban J connectivity index is 1.39. The topological polar surface area (TPSA) is 77.0 Å². The molecule has 1 aliphatic heterocycles. The van der Waals surface area contributed by atoms with Crippen LogP contribution >= 0.6 is 11.3 Å². The highest BCUT2D eigenvalue weighted by molar-refractivity contribution is 7.19. The molecule has 0 aliphatic carbocycles. The van der Waals surface area contributed by atoms with E-state index in [1.165, 1.54) is 15.0 Å². The number of likely N-dealkylation sites (tertiary alicyclic amines) is 1. The van der Waals surface area contributed by atoms with Gasteiger partial charge in [0.15, 0.2) is 5.69 Å². The van der Waals surface area contributed by atoms with Crippen LogP contribution < -0.4 is 5.73 Å². The molecule has 0 saturated carbocycles. The first-order valence-electron chi connectivity index (χ1n) is 7.10. The normalized spacial score (nSPS) is 16.0. The van der Waals surface area contributed by atoms with Gasteiger partial charge in [0.25, 0.3) is 5.91 Å². The lowest BCUT2D eigenvalue weighted by atomic mass is 10.1. The van der Waals surface area contributed by atoms with Gasteiger partial charge in [-0.2, -0.15) is 0 Å². The molecule has 1 aliphatic rings. The maximum atomic E-state index is 11.0. The first-order valence-corrected chi connectivity index (χ1v) is 7.92. The number of carbonyl (C=O) groups is 1. The lowest BCUT2D eigenvalue weighted by Gasteiger charge is -2.38. The molecule has 7 heteroatoms. The standard InChI is InChI=1S/C15H15N5OS/c16-15(21)13-9-20(18-17-13)11-6-19(7-11)8-12-5-10-3-1-2-4-14(10)22-12/h1-5,9,11H,6-8H2,(H2,16,21). The van der Waals surface area contributed by atoms with E-state index in [4.69, 9.17) is 5.73 Å². The van der Waals surface area contributed by atoms with Crippen LogP contribution in [0.5, 0.6) is 0 Å². The zero-order valence-corrected chi connectivity index (χ0v) is 12.7. The maximum Gasteiger partial charge on any atom is 0.270 e. The molecule has 22 heavy (non-hydrogen) atoms. The van der Waals surface area contributed by atoms with Crippen LogP contribution in [0.2, 0.25) is 0 Å². The van der Waals surface area contributed by atoms with Crippen LogP contribution in [-0.2, 0) is 6.54 Å². The third-order valence-electron chi connectivity index (χ3n) is 3.93. The maximum absolute atomic E-state index is 11.0. The third-order valence-corrected chi connectivity index (χ3v) is 5.03. The molecule has 1 fully saturated rings. The van der Waals surface area contributed by atoms with Gasteiger partial charge in [0.1, 0.15) is 0 Å². The summed E-state index contributed by atoms with van der Waals surface area (Å²) >= 11 is 1.84. The summed E-state index contributed by atoms with van der Waals surface area (Å²) in [5, 5.41) is 9.06. The fraction of sp³-hybridized carbons (Fsp3) is 0.267. The number of primary amides is 1. The lowest BCUT2D eigenvalue weighted by molar-refractivity contribution is 0.0906. The fourth-order valence-electron chi connectivity index (χ4n) is 2.74. The summed E-state index contributed by atoms with van der Waals surface area (Å²) < 4.78 is 3.07. The van der Waals surface area contributed by atoms with E-state index in [0.29, 0.717) is 0 Å². The Morgan fingerprint density at radius 2 is 2.18 bits per heavy atom. The molecule has 2 N–H and O–H groups in total. The summed E-state index contributed by atoms with van der Waals surface area (Å²) in [6, 6.07) is 11.0. The Kier molecular flexibility index (Phi) is 3.16. The minimum atomic E-state index is -0.535. The number of nitrogens with two attached hydrogens (primary N) is 1. The van der Waals surface area contributed by atoms with Crippen LogP contribution in [0, 0.1) is 0 Å². The van der Waals surface area contributed by atoms with Crippen molar-refractivity contribution in [2.24, 2.45) is 5.73 Å². The Morgan fingerprint density at radius 1 is 1.36 bits per heavy atom. The lowest BCUT2D eigenvalue weighted by Crippen LogP contribution is -2.47. The molecule has 3 heterocycles. The van der Waals surface area contributed by atoms with E-state index in [-0.39, 0.29) is 11.7 Å². The Morgan fingerprint density at radius 3 is 2.91 bits per heavy atom. The van der Waals surface area contributed by atoms with Gasteiger partial charge in [-0.15, -0.1) is 16.4 Å². The second-order valence-electron chi connectivity index (χ2n) is 5.55. The van der Waals surface area contributed by atoms with E-state index in [1.807, 2.05) is 11.3 Å². The van der Waals surface area contributed by atoms with Crippen molar-refractivity contribution in [1.29, 1.82) is 0 Å². The summed E-state index contributed by atoms with van der Waals surface area (Å²) in [4.78, 5) is 14.8. The molecule has 3 aromatic rings. The molecule has 1 saturated heterocycles. The number of rotatable bonds is 4. The quantitative estimate of drug-likeness (QED) is 0.794. The van der Waals surface area contributed by atoms with E-state index in [9.17, 15) is 4.79 Å². The molecule has 0 unspecified atom stereocenters. The first-order chi connectivity index (χ1) is 10.7. The molecule has 4 rings (SSSR count). The van der Waals surface area contributed by atoms with Gasteiger partial charge < -0.3 is 5.73 Å². The predicted molar refractivity (Wildman–Crippen MR) is 84.7 cm³/mol. The third kappa shape index (κ3) is 2.38.